The lowest BCUT2D eigenvalue weighted by molar-refractivity contribution is -0.137. The minimum absolute atomic E-state index is 0.0130. The normalized spacial score (nSPS) is 13.2. The molecule has 0 spiro atoms. The number of amides is 1. The van der Waals surface area contributed by atoms with Crippen molar-refractivity contribution in [1.82, 2.24) is 4.72 Å². The van der Waals surface area contributed by atoms with Gasteiger partial charge in [-0.05, 0) is 24.1 Å². The van der Waals surface area contributed by atoms with E-state index < -0.39 is 27.7 Å². The standard InChI is InChI=1S/C12H12F3NO3S/c1-8(7-11(17)16-20(2,18)19)9-5-3-4-6-10(9)12(13,14)15/h3-7H,1-2H3,(H,16,17)/b8-7-. The first-order valence-corrected chi connectivity index (χ1v) is 7.26. The molecule has 20 heavy (non-hydrogen) atoms. The van der Waals surface area contributed by atoms with Gasteiger partial charge in [0.25, 0.3) is 5.91 Å². The van der Waals surface area contributed by atoms with Crippen molar-refractivity contribution in [1.29, 1.82) is 0 Å². The van der Waals surface area contributed by atoms with E-state index in [1.54, 1.807) is 4.72 Å². The summed E-state index contributed by atoms with van der Waals surface area (Å²) in [6, 6.07) is 4.73. The number of carbonyl (C=O) groups excluding carboxylic acids is 1. The third kappa shape index (κ3) is 4.69. The van der Waals surface area contributed by atoms with Crippen LogP contribution >= 0.6 is 0 Å². The van der Waals surface area contributed by atoms with Crippen molar-refractivity contribution in [3.8, 4) is 0 Å². The van der Waals surface area contributed by atoms with Crippen LogP contribution in [0.2, 0.25) is 0 Å². The van der Waals surface area contributed by atoms with Crippen LogP contribution < -0.4 is 4.72 Å². The number of halogens is 3. The summed E-state index contributed by atoms with van der Waals surface area (Å²) in [5.41, 5.74) is -1.05. The number of sulfonamides is 1. The monoisotopic (exact) mass is 307 g/mol. The number of hydrogen-bond acceptors (Lipinski definition) is 3. The highest BCUT2D eigenvalue weighted by Gasteiger charge is 2.33. The van der Waals surface area contributed by atoms with E-state index in [0.717, 1.165) is 18.4 Å². The Morgan fingerprint density at radius 2 is 1.80 bits per heavy atom. The summed E-state index contributed by atoms with van der Waals surface area (Å²) < 4.78 is 61.7. The number of hydrogen-bond donors (Lipinski definition) is 1. The Bertz CT molecular complexity index is 648. The van der Waals surface area contributed by atoms with E-state index in [2.05, 4.69) is 0 Å². The quantitative estimate of drug-likeness (QED) is 0.871. The van der Waals surface area contributed by atoms with Gasteiger partial charge in [0, 0.05) is 6.08 Å². The molecule has 110 valence electrons. The molecule has 1 rings (SSSR count). The third-order valence-electron chi connectivity index (χ3n) is 2.29. The maximum absolute atomic E-state index is 12.8. The van der Waals surface area contributed by atoms with Gasteiger partial charge in [0.2, 0.25) is 10.0 Å². The van der Waals surface area contributed by atoms with Gasteiger partial charge in [0.1, 0.15) is 0 Å². The van der Waals surface area contributed by atoms with Crippen LogP contribution in [0.3, 0.4) is 0 Å². The van der Waals surface area contributed by atoms with Crippen LogP contribution in [-0.2, 0) is 21.0 Å². The average molecular weight is 307 g/mol. The fourth-order valence-corrected chi connectivity index (χ4v) is 1.99. The van der Waals surface area contributed by atoms with E-state index >= 15 is 0 Å². The summed E-state index contributed by atoms with van der Waals surface area (Å²) in [4.78, 5) is 11.4. The first kappa shape index (κ1) is 16.2. The molecule has 0 saturated heterocycles. The first-order valence-electron chi connectivity index (χ1n) is 5.37. The lowest BCUT2D eigenvalue weighted by Gasteiger charge is -2.12. The molecule has 0 aromatic heterocycles. The van der Waals surface area contributed by atoms with Crippen LogP contribution in [0.15, 0.2) is 30.3 Å². The Balaban J connectivity index is 3.16. The smallest absolute Gasteiger partial charge is 0.269 e. The summed E-state index contributed by atoms with van der Waals surface area (Å²) in [5, 5.41) is 0. The summed E-state index contributed by atoms with van der Waals surface area (Å²) >= 11 is 0. The molecule has 0 saturated carbocycles. The molecule has 0 aliphatic rings. The van der Waals surface area contributed by atoms with Gasteiger partial charge < -0.3 is 0 Å². The zero-order valence-electron chi connectivity index (χ0n) is 10.7. The molecule has 1 aromatic carbocycles. The van der Waals surface area contributed by atoms with Crippen molar-refractivity contribution in [2.75, 3.05) is 6.26 Å². The van der Waals surface area contributed by atoms with Crippen molar-refractivity contribution >= 4 is 21.5 Å². The molecular formula is C12H12F3NO3S. The SMILES string of the molecule is C/C(=C/C(=O)NS(C)(=O)=O)c1ccccc1C(F)(F)F. The van der Waals surface area contributed by atoms with E-state index in [0.29, 0.717) is 0 Å². The second-order valence-electron chi connectivity index (χ2n) is 4.11. The second kappa shape index (κ2) is 5.66. The maximum Gasteiger partial charge on any atom is 0.416 e. The van der Waals surface area contributed by atoms with E-state index in [-0.39, 0.29) is 11.1 Å². The Morgan fingerprint density at radius 3 is 2.30 bits per heavy atom. The van der Waals surface area contributed by atoms with Gasteiger partial charge in [-0.3, -0.25) is 4.79 Å². The zero-order chi connectivity index (χ0) is 15.6. The molecule has 0 bridgehead atoms. The van der Waals surface area contributed by atoms with Crippen LogP contribution in [0.4, 0.5) is 13.2 Å². The van der Waals surface area contributed by atoms with Crippen LogP contribution in [-0.4, -0.2) is 20.6 Å². The molecule has 0 aliphatic carbocycles. The highest BCUT2D eigenvalue weighted by molar-refractivity contribution is 7.89. The molecule has 4 nitrogen and oxygen atoms in total. The van der Waals surface area contributed by atoms with Gasteiger partial charge in [0.15, 0.2) is 0 Å². The van der Waals surface area contributed by atoms with E-state index in [1.807, 2.05) is 0 Å². The van der Waals surface area contributed by atoms with Crippen molar-refractivity contribution in [2.24, 2.45) is 0 Å². The van der Waals surface area contributed by atoms with E-state index in [9.17, 15) is 26.4 Å². The molecule has 1 amide bonds. The van der Waals surface area contributed by atoms with E-state index in [4.69, 9.17) is 0 Å². The lowest BCUT2D eigenvalue weighted by Crippen LogP contribution is -2.27. The zero-order valence-corrected chi connectivity index (χ0v) is 11.5. The highest BCUT2D eigenvalue weighted by atomic mass is 32.2. The number of benzene rings is 1. The summed E-state index contributed by atoms with van der Waals surface area (Å²) in [5.74, 6) is -0.998. The molecule has 0 heterocycles. The molecule has 1 aromatic rings. The third-order valence-corrected chi connectivity index (χ3v) is 2.86. The van der Waals surface area contributed by atoms with Gasteiger partial charge in [0.05, 0.1) is 11.8 Å². The van der Waals surface area contributed by atoms with Crippen LogP contribution in [0.1, 0.15) is 18.1 Å². The first-order chi connectivity index (χ1) is 9.00. The van der Waals surface area contributed by atoms with Gasteiger partial charge in [-0.1, -0.05) is 18.2 Å². The number of nitrogens with one attached hydrogen (secondary N) is 1. The Labute approximate surface area is 114 Å². The number of allylic oxidation sites excluding steroid dienone is 1. The Kier molecular flexibility index (Phi) is 4.59. The predicted molar refractivity (Wildman–Crippen MR) is 68.1 cm³/mol. The molecule has 0 fully saturated rings. The number of carbonyl (C=O) groups is 1. The summed E-state index contributed by atoms with van der Waals surface area (Å²) in [7, 11) is -3.76. The van der Waals surface area contributed by atoms with Crippen molar-refractivity contribution in [3.05, 3.63) is 41.5 Å². The van der Waals surface area contributed by atoms with Gasteiger partial charge in [-0.2, -0.15) is 13.2 Å². The maximum atomic E-state index is 12.8. The number of rotatable bonds is 3. The molecule has 1 N–H and O–H groups in total. The van der Waals surface area contributed by atoms with Crippen molar-refractivity contribution in [3.63, 3.8) is 0 Å². The molecule has 0 aliphatic heterocycles. The van der Waals surface area contributed by atoms with E-state index in [1.165, 1.54) is 25.1 Å². The summed E-state index contributed by atoms with van der Waals surface area (Å²) in [6.45, 7) is 1.30. The molecule has 8 heteroatoms. The van der Waals surface area contributed by atoms with Gasteiger partial charge in [-0.25, -0.2) is 13.1 Å². The van der Waals surface area contributed by atoms with Gasteiger partial charge >= 0.3 is 6.18 Å². The number of alkyl halides is 3. The highest BCUT2D eigenvalue weighted by Crippen LogP contribution is 2.34. The fraction of sp³-hybridized carbons (Fsp3) is 0.250. The average Bonchev–Trinajstić information content (AvgIpc) is 2.25. The molecule has 0 radical (unpaired) electrons. The lowest BCUT2D eigenvalue weighted by atomic mass is 10.00. The van der Waals surface area contributed by atoms with Crippen molar-refractivity contribution < 1.29 is 26.4 Å². The predicted octanol–water partition coefficient (Wildman–Crippen LogP) is 2.18. The molecule has 0 unspecified atom stereocenters. The topological polar surface area (TPSA) is 63.2 Å². The van der Waals surface area contributed by atoms with Crippen LogP contribution in [0.25, 0.3) is 5.57 Å². The van der Waals surface area contributed by atoms with Crippen LogP contribution in [0, 0.1) is 0 Å². The largest absolute Gasteiger partial charge is 0.416 e. The Hall–Kier alpha value is -1.83. The Morgan fingerprint density at radius 1 is 1.25 bits per heavy atom. The van der Waals surface area contributed by atoms with Crippen LogP contribution in [0.5, 0.6) is 0 Å². The summed E-state index contributed by atoms with van der Waals surface area (Å²) in [6.07, 6.45) is -2.97. The van der Waals surface area contributed by atoms with Gasteiger partial charge in [-0.15, -0.1) is 0 Å². The second-order valence-corrected chi connectivity index (χ2v) is 5.86. The molecule has 0 atom stereocenters. The minimum Gasteiger partial charge on any atom is -0.269 e. The van der Waals surface area contributed by atoms with Crippen molar-refractivity contribution in [2.45, 2.75) is 13.1 Å². The fourth-order valence-electron chi connectivity index (χ4n) is 1.56. The minimum atomic E-state index is -4.56. The molecular weight excluding hydrogens is 295 g/mol.